The predicted octanol–water partition coefficient (Wildman–Crippen LogP) is 2.93. The van der Waals surface area contributed by atoms with E-state index in [4.69, 9.17) is 5.11 Å². The molecule has 0 atom stereocenters. The Morgan fingerprint density at radius 3 is 2.74 bits per heavy atom. The molecule has 1 aliphatic carbocycles. The first kappa shape index (κ1) is 12.2. The Bertz CT molecular complexity index is 583. The number of aliphatic carboxylic acids is 1. The van der Waals surface area contributed by atoms with Crippen molar-refractivity contribution in [1.82, 2.24) is 9.55 Å². The highest BCUT2D eigenvalue weighted by Crippen LogP contribution is 2.30. The van der Waals surface area contributed by atoms with E-state index in [0.717, 1.165) is 37.7 Å². The van der Waals surface area contributed by atoms with Crippen molar-refractivity contribution in [2.45, 2.75) is 32.2 Å². The van der Waals surface area contributed by atoms with E-state index in [-0.39, 0.29) is 5.92 Å². The van der Waals surface area contributed by atoms with Crippen molar-refractivity contribution in [3.63, 3.8) is 0 Å². The van der Waals surface area contributed by atoms with Crippen LogP contribution in [0.15, 0.2) is 30.6 Å². The zero-order valence-corrected chi connectivity index (χ0v) is 10.8. The second-order valence-corrected chi connectivity index (χ2v) is 5.44. The lowest BCUT2D eigenvalue weighted by atomic mass is 9.82. The number of aromatic nitrogens is 2. The summed E-state index contributed by atoms with van der Waals surface area (Å²) in [6.45, 7) is 0.951. The zero-order chi connectivity index (χ0) is 13.2. The Morgan fingerprint density at radius 2 is 2.00 bits per heavy atom. The number of nitrogens with zero attached hydrogens (tertiary/aromatic N) is 2. The molecule has 0 radical (unpaired) electrons. The van der Waals surface area contributed by atoms with E-state index in [9.17, 15) is 4.79 Å². The number of carboxylic acids is 1. The standard InChI is InChI=1S/C15H18N2O2/c18-15(19)12-7-5-11(6-8-12)9-17-10-16-13-3-1-2-4-14(13)17/h1-4,10-12H,5-9H2,(H,18,19). The monoisotopic (exact) mass is 258 g/mol. The molecule has 1 aliphatic rings. The summed E-state index contributed by atoms with van der Waals surface area (Å²) in [6.07, 6.45) is 5.53. The number of hydrogen-bond acceptors (Lipinski definition) is 2. The molecular weight excluding hydrogens is 240 g/mol. The molecule has 1 aromatic carbocycles. The lowest BCUT2D eigenvalue weighted by molar-refractivity contribution is -0.143. The Balaban J connectivity index is 1.68. The van der Waals surface area contributed by atoms with Gasteiger partial charge in [-0.1, -0.05) is 12.1 Å². The SMILES string of the molecule is O=C(O)C1CCC(Cn2cnc3ccccc32)CC1. The summed E-state index contributed by atoms with van der Waals surface area (Å²) in [4.78, 5) is 15.3. The molecule has 1 saturated carbocycles. The maximum atomic E-state index is 10.9. The van der Waals surface area contributed by atoms with Crippen molar-refractivity contribution < 1.29 is 9.90 Å². The van der Waals surface area contributed by atoms with Gasteiger partial charge >= 0.3 is 5.97 Å². The second kappa shape index (κ2) is 5.03. The summed E-state index contributed by atoms with van der Waals surface area (Å²) in [5, 5.41) is 9.01. The van der Waals surface area contributed by atoms with Crippen LogP contribution in [0.2, 0.25) is 0 Å². The third-order valence-corrected chi connectivity index (χ3v) is 4.18. The van der Waals surface area contributed by atoms with E-state index in [1.807, 2.05) is 24.5 Å². The van der Waals surface area contributed by atoms with Gasteiger partial charge in [-0.3, -0.25) is 4.79 Å². The molecule has 3 rings (SSSR count). The molecule has 0 amide bonds. The molecule has 0 spiro atoms. The predicted molar refractivity (Wildman–Crippen MR) is 72.8 cm³/mol. The molecule has 0 aliphatic heterocycles. The fraction of sp³-hybridized carbons (Fsp3) is 0.467. The van der Waals surface area contributed by atoms with Crippen LogP contribution < -0.4 is 0 Å². The van der Waals surface area contributed by atoms with Crippen LogP contribution in [0.5, 0.6) is 0 Å². The topological polar surface area (TPSA) is 55.1 Å². The van der Waals surface area contributed by atoms with E-state index in [0.29, 0.717) is 5.92 Å². The van der Waals surface area contributed by atoms with Crippen LogP contribution >= 0.6 is 0 Å². The number of carboxylic acid groups (broad SMARTS) is 1. The van der Waals surface area contributed by atoms with E-state index in [1.165, 1.54) is 5.52 Å². The van der Waals surface area contributed by atoms with Crippen LogP contribution in [0.3, 0.4) is 0 Å². The molecule has 1 fully saturated rings. The van der Waals surface area contributed by atoms with Crippen LogP contribution in [0.1, 0.15) is 25.7 Å². The number of rotatable bonds is 3. The molecule has 1 N–H and O–H groups in total. The molecule has 2 aromatic rings. The Labute approximate surface area is 112 Å². The van der Waals surface area contributed by atoms with Crippen molar-refractivity contribution in [1.29, 1.82) is 0 Å². The Hall–Kier alpha value is -1.84. The fourth-order valence-corrected chi connectivity index (χ4v) is 3.03. The molecule has 4 nitrogen and oxygen atoms in total. The molecule has 4 heteroatoms. The number of para-hydroxylation sites is 2. The van der Waals surface area contributed by atoms with E-state index in [1.54, 1.807) is 0 Å². The van der Waals surface area contributed by atoms with Crippen LogP contribution in [0, 0.1) is 11.8 Å². The first-order valence-electron chi connectivity index (χ1n) is 6.86. The van der Waals surface area contributed by atoms with Crippen LogP contribution in [-0.2, 0) is 11.3 Å². The van der Waals surface area contributed by atoms with Gasteiger partial charge in [0.1, 0.15) is 0 Å². The normalized spacial score (nSPS) is 23.6. The number of imidazole rings is 1. The minimum Gasteiger partial charge on any atom is -0.481 e. The minimum absolute atomic E-state index is 0.129. The molecule has 19 heavy (non-hydrogen) atoms. The second-order valence-electron chi connectivity index (χ2n) is 5.44. The fourth-order valence-electron chi connectivity index (χ4n) is 3.03. The van der Waals surface area contributed by atoms with Gasteiger partial charge in [0, 0.05) is 6.54 Å². The molecule has 1 heterocycles. The lowest BCUT2D eigenvalue weighted by Crippen LogP contribution is -2.23. The summed E-state index contributed by atoms with van der Waals surface area (Å²) in [6, 6.07) is 8.14. The average Bonchev–Trinajstić information content (AvgIpc) is 2.83. The van der Waals surface area contributed by atoms with Crippen molar-refractivity contribution in [3.05, 3.63) is 30.6 Å². The summed E-state index contributed by atoms with van der Waals surface area (Å²) < 4.78 is 2.20. The molecule has 1 aromatic heterocycles. The van der Waals surface area contributed by atoms with Crippen molar-refractivity contribution in [3.8, 4) is 0 Å². The first-order chi connectivity index (χ1) is 9.24. The summed E-state index contributed by atoms with van der Waals surface area (Å²) in [7, 11) is 0. The smallest absolute Gasteiger partial charge is 0.306 e. The Kier molecular flexibility index (Phi) is 3.23. The lowest BCUT2D eigenvalue weighted by Gasteiger charge is -2.26. The third kappa shape index (κ3) is 2.48. The zero-order valence-electron chi connectivity index (χ0n) is 10.8. The van der Waals surface area contributed by atoms with Gasteiger partial charge in [0.05, 0.1) is 23.3 Å². The maximum Gasteiger partial charge on any atom is 0.306 e. The van der Waals surface area contributed by atoms with Gasteiger partial charge in [0.2, 0.25) is 0 Å². The third-order valence-electron chi connectivity index (χ3n) is 4.18. The summed E-state index contributed by atoms with van der Waals surface area (Å²) in [5.41, 5.74) is 2.20. The molecule has 0 saturated heterocycles. The number of fused-ring (bicyclic) bond motifs is 1. The van der Waals surface area contributed by atoms with Gasteiger partial charge in [-0.25, -0.2) is 4.98 Å². The largest absolute Gasteiger partial charge is 0.481 e. The van der Waals surface area contributed by atoms with Crippen molar-refractivity contribution in [2.75, 3.05) is 0 Å². The van der Waals surface area contributed by atoms with E-state index >= 15 is 0 Å². The van der Waals surface area contributed by atoms with Gasteiger partial charge in [-0.15, -0.1) is 0 Å². The first-order valence-corrected chi connectivity index (χ1v) is 6.86. The highest BCUT2D eigenvalue weighted by atomic mass is 16.4. The van der Waals surface area contributed by atoms with Gasteiger partial charge in [0.15, 0.2) is 0 Å². The number of benzene rings is 1. The molecule has 0 bridgehead atoms. The minimum atomic E-state index is -0.633. The van der Waals surface area contributed by atoms with Gasteiger partial charge < -0.3 is 9.67 Å². The van der Waals surface area contributed by atoms with E-state index in [2.05, 4.69) is 15.6 Å². The molecule has 0 unspecified atom stereocenters. The number of carbonyl (C=O) groups is 1. The summed E-state index contributed by atoms with van der Waals surface area (Å²) >= 11 is 0. The maximum absolute atomic E-state index is 10.9. The van der Waals surface area contributed by atoms with Crippen molar-refractivity contribution in [2.24, 2.45) is 11.8 Å². The molecular formula is C15H18N2O2. The number of hydrogen-bond donors (Lipinski definition) is 1. The molecule has 100 valence electrons. The highest BCUT2D eigenvalue weighted by Gasteiger charge is 2.26. The highest BCUT2D eigenvalue weighted by molar-refractivity contribution is 5.74. The van der Waals surface area contributed by atoms with Crippen molar-refractivity contribution >= 4 is 17.0 Å². The van der Waals surface area contributed by atoms with E-state index < -0.39 is 5.97 Å². The quantitative estimate of drug-likeness (QED) is 0.921. The van der Waals surface area contributed by atoms with Crippen LogP contribution in [-0.4, -0.2) is 20.6 Å². The van der Waals surface area contributed by atoms with Gasteiger partial charge in [-0.05, 0) is 43.7 Å². The summed E-state index contributed by atoms with van der Waals surface area (Å²) in [5.74, 6) is -0.185. The Morgan fingerprint density at radius 1 is 1.26 bits per heavy atom. The van der Waals surface area contributed by atoms with Gasteiger partial charge in [0.25, 0.3) is 0 Å². The van der Waals surface area contributed by atoms with Crippen LogP contribution in [0.4, 0.5) is 0 Å². The van der Waals surface area contributed by atoms with Crippen LogP contribution in [0.25, 0.3) is 11.0 Å². The van der Waals surface area contributed by atoms with Gasteiger partial charge in [-0.2, -0.15) is 0 Å². The average molecular weight is 258 g/mol.